The van der Waals surface area contributed by atoms with E-state index >= 15 is 0 Å². The lowest BCUT2D eigenvalue weighted by Gasteiger charge is -2.04. The maximum atomic E-state index is 12.9. The zero-order valence-corrected chi connectivity index (χ0v) is 13.7. The summed E-state index contributed by atoms with van der Waals surface area (Å²) in [4.78, 5) is 4.04. The Labute approximate surface area is 142 Å². The largest absolute Gasteiger partial charge is 0.338 e. The minimum absolute atomic E-state index is 0.0604. The first-order valence-corrected chi connectivity index (χ1v) is 8.64. The summed E-state index contributed by atoms with van der Waals surface area (Å²) >= 11 is 6.05. The fourth-order valence-electron chi connectivity index (χ4n) is 1.93. The first kappa shape index (κ1) is 16.6. The lowest BCUT2D eigenvalue weighted by molar-refractivity contribution is 0.376. The maximum absolute atomic E-state index is 12.9. The van der Waals surface area contributed by atoms with Gasteiger partial charge in [-0.3, -0.25) is 0 Å². The Balaban J connectivity index is 1.74. The molecule has 0 radical (unpaired) electrons. The van der Waals surface area contributed by atoms with Gasteiger partial charge in [0.05, 0.1) is 16.5 Å². The first-order chi connectivity index (χ1) is 11.5. The highest BCUT2D eigenvalue weighted by Gasteiger charge is 2.17. The van der Waals surface area contributed by atoms with Gasteiger partial charge in [0.2, 0.25) is 21.7 Å². The molecule has 6 nitrogen and oxygen atoms in total. The number of aromatic nitrogens is 2. The molecule has 2 aromatic carbocycles. The summed E-state index contributed by atoms with van der Waals surface area (Å²) < 4.78 is 44.4. The van der Waals surface area contributed by atoms with Gasteiger partial charge in [-0.15, -0.1) is 0 Å². The number of benzene rings is 2. The molecule has 9 heteroatoms. The van der Waals surface area contributed by atoms with E-state index in [4.69, 9.17) is 16.1 Å². The van der Waals surface area contributed by atoms with E-state index in [2.05, 4.69) is 14.9 Å². The van der Waals surface area contributed by atoms with Crippen molar-refractivity contribution in [1.82, 2.24) is 14.9 Å². The van der Waals surface area contributed by atoms with Crippen molar-refractivity contribution < 1.29 is 17.3 Å². The summed E-state index contributed by atoms with van der Waals surface area (Å²) in [6.45, 7) is -0.197. The summed E-state index contributed by atoms with van der Waals surface area (Å²) in [5.41, 5.74) is 0.579. The highest BCUT2D eigenvalue weighted by molar-refractivity contribution is 7.89. The van der Waals surface area contributed by atoms with Crippen molar-refractivity contribution in [2.45, 2.75) is 11.4 Å². The van der Waals surface area contributed by atoms with Crippen molar-refractivity contribution in [3.8, 4) is 11.4 Å². The average Bonchev–Trinajstić information content (AvgIpc) is 3.03. The Bertz CT molecular complexity index is 958. The summed E-state index contributed by atoms with van der Waals surface area (Å²) in [6, 6.07) is 11.4. The Morgan fingerprint density at radius 3 is 2.54 bits per heavy atom. The van der Waals surface area contributed by atoms with Crippen LogP contribution in [0.5, 0.6) is 0 Å². The molecule has 0 unspecified atom stereocenters. The summed E-state index contributed by atoms with van der Waals surface area (Å²) in [5.74, 6) is -0.178. The Hall–Kier alpha value is -2.29. The molecule has 0 saturated carbocycles. The highest BCUT2D eigenvalue weighted by atomic mass is 35.5. The average molecular weight is 368 g/mol. The van der Waals surface area contributed by atoms with Crippen molar-refractivity contribution >= 4 is 21.6 Å². The third-order valence-corrected chi connectivity index (χ3v) is 4.87. The summed E-state index contributed by atoms with van der Waals surface area (Å²) in [5, 5.41) is 4.23. The smallest absolute Gasteiger partial charge is 0.242 e. The van der Waals surface area contributed by atoms with Gasteiger partial charge in [0, 0.05) is 5.56 Å². The van der Waals surface area contributed by atoms with Crippen LogP contribution in [-0.4, -0.2) is 18.6 Å². The van der Waals surface area contributed by atoms with E-state index < -0.39 is 15.8 Å². The molecule has 0 aliphatic carbocycles. The number of nitrogens with zero attached hydrogens (tertiary/aromatic N) is 2. The van der Waals surface area contributed by atoms with Crippen LogP contribution in [0, 0.1) is 5.82 Å². The number of halogens is 2. The molecular weight excluding hydrogens is 357 g/mol. The molecule has 0 bridgehead atoms. The molecule has 3 aromatic rings. The van der Waals surface area contributed by atoms with Gasteiger partial charge in [0.25, 0.3) is 0 Å². The zero-order valence-electron chi connectivity index (χ0n) is 12.1. The lowest BCUT2D eigenvalue weighted by Crippen LogP contribution is -2.23. The van der Waals surface area contributed by atoms with E-state index in [1.54, 1.807) is 24.3 Å². The van der Waals surface area contributed by atoms with Crippen LogP contribution < -0.4 is 4.72 Å². The molecule has 0 aliphatic rings. The van der Waals surface area contributed by atoms with Crippen LogP contribution in [0.25, 0.3) is 11.4 Å². The molecule has 1 N–H and O–H groups in total. The van der Waals surface area contributed by atoms with Gasteiger partial charge >= 0.3 is 0 Å². The molecule has 24 heavy (non-hydrogen) atoms. The van der Waals surface area contributed by atoms with Gasteiger partial charge in [-0.1, -0.05) is 28.9 Å². The van der Waals surface area contributed by atoms with Gasteiger partial charge in [0.1, 0.15) is 5.82 Å². The van der Waals surface area contributed by atoms with Crippen molar-refractivity contribution in [2.75, 3.05) is 0 Å². The van der Waals surface area contributed by atoms with Crippen LogP contribution >= 0.6 is 11.6 Å². The Morgan fingerprint density at radius 1 is 1.12 bits per heavy atom. The molecule has 0 fully saturated rings. The van der Waals surface area contributed by atoms with Crippen LogP contribution in [0.4, 0.5) is 4.39 Å². The van der Waals surface area contributed by atoms with Gasteiger partial charge in [-0.2, -0.15) is 4.98 Å². The second-order valence-electron chi connectivity index (χ2n) is 4.77. The molecule has 1 heterocycles. The normalized spacial score (nSPS) is 11.6. The number of sulfonamides is 1. The predicted molar refractivity (Wildman–Crippen MR) is 85.2 cm³/mol. The molecule has 0 amide bonds. The van der Waals surface area contributed by atoms with E-state index in [-0.39, 0.29) is 23.2 Å². The topological polar surface area (TPSA) is 85.1 Å². The molecule has 1 aromatic heterocycles. The third kappa shape index (κ3) is 3.61. The van der Waals surface area contributed by atoms with Crippen LogP contribution in [0.15, 0.2) is 57.9 Å². The second-order valence-corrected chi connectivity index (χ2v) is 6.94. The molecule has 0 aliphatic heterocycles. The third-order valence-electron chi connectivity index (χ3n) is 3.12. The molecule has 0 atom stereocenters. The van der Waals surface area contributed by atoms with Crippen LogP contribution in [0.2, 0.25) is 5.02 Å². The van der Waals surface area contributed by atoms with Crippen molar-refractivity contribution in [1.29, 1.82) is 0 Å². The molecule has 3 rings (SSSR count). The van der Waals surface area contributed by atoms with Gasteiger partial charge < -0.3 is 4.52 Å². The molecule has 0 saturated heterocycles. The highest BCUT2D eigenvalue weighted by Crippen LogP contribution is 2.24. The number of nitrogens with one attached hydrogen (secondary N) is 1. The quantitative estimate of drug-likeness (QED) is 0.749. The number of hydrogen-bond acceptors (Lipinski definition) is 5. The Morgan fingerprint density at radius 2 is 1.83 bits per heavy atom. The number of rotatable bonds is 5. The fourth-order valence-corrected chi connectivity index (χ4v) is 3.13. The summed E-state index contributed by atoms with van der Waals surface area (Å²) in [7, 11) is -3.81. The maximum Gasteiger partial charge on any atom is 0.242 e. The van der Waals surface area contributed by atoms with E-state index in [1.165, 1.54) is 12.1 Å². The van der Waals surface area contributed by atoms with Crippen LogP contribution in [0.1, 0.15) is 5.89 Å². The standard InChI is InChI=1S/C15H11ClFN3O3S/c16-13-4-2-1-3-12(13)15-19-14(23-20-15)9-18-24(21,22)11-7-5-10(17)6-8-11/h1-8,18H,9H2. The fraction of sp³-hybridized carbons (Fsp3) is 0.0667. The van der Waals surface area contributed by atoms with E-state index in [1.807, 2.05) is 0 Å². The van der Waals surface area contributed by atoms with Gasteiger partial charge in [-0.05, 0) is 36.4 Å². The predicted octanol–water partition coefficient (Wildman–Crippen LogP) is 3.01. The van der Waals surface area contributed by atoms with E-state index in [0.717, 1.165) is 12.1 Å². The minimum atomic E-state index is -3.81. The van der Waals surface area contributed by atoms with Gasteiger partial charge in [-0.25, -0.2) is 17.5 Å². The van der Waals surface area contributed by atoms with Crippen LogP contribution in [0.3, 0.4) is 0 Å². The van der Waals surface area contributed by atoms with Crippen molar-refractivity contribution in [3.63, 3.8) is 0 Å². The second kappa shape index (κ2) is 6.68. The molecule has 0 spiro atoms. The zero-order chi connectivity index (χ0) is 17.2. The summed E-state index contributed by atoms with van der Waals surface area (Å²) in [6.07, 6.45) is 0. The lowest BCUT2D eigenvalue weighted by atomic mass is 10.2. The van der Waals surface area contributed by atoms with Gasteiger partial charge in [0.15, 0.2) is 0 Å². The minimum Gasteiger partial charge on any atom is -0.338 e. The van der Waals surface area contributed by atoms with E-state index in [0.29, 0.717) is 10.6 Å². The molecule has 124 valence electrons. The van der Waals surface area contributed by atoms with Crippen molar-refractivity contribution in [2.24, 2.45) is 0 Å². The van der Waals surface area contributed by atoms with E-state index in [9.17, 15) is 12.8 Å². The monoisotopic (exact) mass is 367 g/mol. The number of hydrogen-bond donors (Lipinski definition) is 1. The first-order valence-electron chi connectivity index (χ1n) is 6.78. The SMILES string of the molecule is O=S(=O)(NCc1nc(-c2ccccc2Cl)no1)c1ccc(F)cc1. The van der Waals surface area contributed by atoms with Crippen molar-refractivity contribution in [3.05, 3.63) is 65.3 Å². The van der Waals surface area contributed by atoms with Crippen LogP contribution in [-0.2, 0) is 16.6 Å². The molecular formula is C15H11ClFN3O3S. The Kier molecular flexibility index (Phi) is 4.61.